The van der Waals surface area contributed by atoms with Gasteiger partial charge in [0.2, 0.25) is 0 Å². The second-order valence-corrected chi connectivity index (χ2v) is 7.51. The Hall–Kier alpha value is -1.55. The molecule has 0 aliphatic heterocycles. The molecule has 5 heteroatoms. The lowest BCUT2D eigenvalue weighted by Gasteiger charge is -2.16. The predicted octanol–water partition coefficient (Wildman–Crippen LogP) is 6.27. The third kappa shape index (κ3) is 4.50. The van der Waals surface area contributed by atoms with Crippen molar-refractivity contribution in [2.75, 3.05) is 0 Å². The monoisotopic (exact) mass is 377 g/mol. The van der Waals surface area contributed by atoms with Crippen molar-refractivity contribution in [2.24, 2.45) is 0 Å². The van der Waals surface area contributed by atoms with Crippen LogP contribution in [0.15, 0.2) is 80.9 Å². The Morgan fingerprint density at radius 3 is 2.54 bits per heavy atom. The van der Waals surface area contributed by atoms with Gasteiger partial charge in [-0.1, -0.05) is 53.2 Å². The Balaban J connectivity index is 1.74. The maximum absolute atomic E-state index is 9.99. The minimum atomic E-state index is 0.363. The van der Waals surface area contributed by atoms with E-state index < -0.39 is 0 Å². The highest BCUT2D eigenvalue weighted by atomic mass is 35.5. The average molecular weight is 378 g/mol. The van der Waals surface area contributed by atoms with E-state index in [9.17, 15) is 5.11 Å². The summed E-state index contributed by atoms with van der Waals surface area (Å²) in [6.07, 6.45) is 3.08. The highest BCUT2D eigenvalue weighted by Crippen LogP contribution is 2.31. The molecular weight excluding hydrogens is 361 g/mol. The lowest BCUT2D eigenvalue weighted by Crippen LogP contribution is -2.16. The summed E-state index contributed by atoms with van der Waals surface area (Å²) in [6, 6.07) is 16.0. The zero-order valence-corrected chi connectivity index (χ0v) is 15.3. The van der Waals surface area contributed by atoms with Crippen LogP contribution in [0.3, 0.4) is 0 Å². The van der Waals surface area contributed by atoms with E-state index >= 15 is 0 Å². The van der Waals surface area contributed by atoms with Gasteiger partial charge in [0, 0.05) is 32.8 Å². The summed E-state index contributed by atoms with van der Waals surface area (Å²) in [5, 5.41) is 14.8. The van der Waals surface area contributed by atoms with Gasteiger partial charge < -0.3 is 10.4 Å². The Labute approximate surface area is 156 Å². The van der Waals surface area contributed by atoms with Crippen molar-refractivity contribution >= 4 is 35.0 Å². The summed E-state index contributed by atoms with van der Waals surface area (Å²) in [6.45, 7) is 0.622. The number of hydrogen-bond donors (Lipinski definition) is 2. The molecule has 2 N–H and O–H groups in total. The van der Waals surface area contributed by atoms with Crippen LogP contribution in [0.5, 0.6) is 0 Å². The Morgan fingerprint density at radius 2 is 1.75 bits per heavy atom. The molecule has 0 aromatic heterocycles. The van der Waals surface area contributed by atoms with Crippen LogP contribution < -0.4 is 5.32 Å². The Morgan fingerprint density at radius 1 is 1.00 bits per heavy atom. The summed E-state index contributed by atoms with van der Waals surface area (Å²) >= 11 is 13.7. The molecule has 2 nitrogen and oxygen atoms in total. The van der Waals surface area contributed by atoms with Crippen LogP contribution in [0, 0.1) is 0 Å². The van der Waals surface area contributed by atoms with Crippen LogP contribution in [-0.2, 0) is 6.54 Å². The molecule has 124 valence electrons. The minimum Gasteiger partial charge on any atom is -0.510 e. The van der Waals surface area contributed by atoms with Crippen LogP contribution in [0.1, 0.15) is 18.4 Å². The van der Waals surface area contributed by atoms with Gasteiger partial charge in [-0.05, 0) is 48.4 Å². The number of aliphatic hydroxyl groups excluding tert-OH is 1. The second-order valence-electron chi connectivity index (χ2n) is 5.47. The summed E-state index contributed by atoms with van der Waals surface area (Å²) in [4.78, 5) is 2.30. The molecule has 1 aliphatic carbocycles. The molecule has 0 fully saturated rings. The summed E-state index contributed by atoms with van der Waals surface area (Å²) in [5.41, 5.74) is 1.87. The van der Waals surface area contributed by atoms with E-state index in [1.807, 2.05) is 36.4 Å². The molecule has 2 aromatic carbocycles. The lowest BCUT2D eigenvalue weighted by atomic mass is 10.1. The molecular formula is C19H17Cl2NOS. The van der Waals surface area contributed by atoms with E-state index in [-0.39, 0.29) is 0 Å². The first-order valence-electron chi connectivity index (χ1n) is 7.65. The van der Waals surface area contributed by atoms with Crippen molar-refractivity contribution in [3.05, 3.63) is 81.7 Å². The van der Waals surface area contributed by atoms with E-state index in [2.05, 4.69) is 17.4 Å². The van der Waals surface area contributed by atoms with Crippen LogP contribution in [0.25, 0.3) is 0 Å². The average Bonchev–Trinajstić information content (AvgIpc) is 2.59. The number of halogens is 2. The third-order valence-corrected chi connectivity index (χ3v) is 5.37. The highest BCUT2D eigenvalue weighted by Gasteiger charge is 2.12. The molecule has 0 atom stereocenters. The fraction of sp³-hybridized carbons (Fsp3) is 0.158. The second kappa shape index (κ2) is 8.02. The van der Waals surface area contributed by atoms with Crippen molar-refractivity contribution in [3.8, 4) is 0 Å². The number of aliphatic hydroxyl groups is 1. The first kappa shape index (κ1) is 17.3. The first-order valence-corrected chi connectivity index (χ1v) is 9.22. The standard InChI is InChI=1S/C19H17Cl2NOS/c20-14-5-8-16(9-6-14)24-19-4-2-1-3-13(19)12-22-17-11-15(21)7-10-18(17)23/h1-6,8-9,11,22-23H,7,10,12H2. The van der Waals surface area contributed by atoms with E-state index in [0.29, 0.717) is 30.8 Å². The van der Waals surface area contributed by atoms with E-state index in [1.165, 1.54) is 4.90 Å². The van der Waals surface area contributed by atoms with Gasteiger partial charge in [0.05, 0.1) is 5.70 Å². The van der Waals surface area contributed by atoms with Crippen molar-refractivity contribution in [1.29, 1.82) is 0 Å². The van der Waals surface area contributed by atoms with Crippen molar-refractivity contribution in [2.45, 2.75) is 29.2 Å². The van der Waals surface area contributed by atoms with E-state index in [0.717, 1.165) is 20.5 Å². The topological polar surface area (TPSA) is 32.3 Å². The summed E-state index contributed by atoms with van der Waals surface area (Å²) < 4.78 is 0. The molecule has 3 rings (SSSR count). The Kier molecular flexibility index (Phi) is 5.77. The molecule has 0 heterocycles. The van der Waals surface area contributed by atoms with Crippen LogP contribution >= 0.6 is 35.0 Å². The van der Waals surface area contributed by atoms with E-state index in [4.69, 9.17) is 23.2 Å². The van der Waals surface area contributed by atoms with Crippen molar-refractivity contribution in [1.82, 2.24) is 5.32 Å². The van der Waals surface area contributed by atoms with Crippen molar-refractivity contribution in [3.63, 3.8) is 0 Å². The molecule has 0 amide bonds. The van der Waals surface area contributed by atoms with Crippen LogP contribution in [-0.4, -0.2) is 5.11 Å². The number of allylic oxidation sites excluding steroid dienone is 3. The molecule has 0 unspecified atom stereocenters. The fourth-order valence-electron chi connectivity index (χ4n) is 2.41. The van der Waals surface area contributed by atoms with Gasteiger partial charge in [-0.3, -0.25) is 0 Å². The molecule has 0 saturated heterocycles. The third-order valence-electron chi connectivity index (χ3n) is 3.70. The maximum atomic E-state index is 9.99. The SMILES string of the molecule is OC1=C(NCc2ccccc2Sc2ccc(Cl)cc2)C=C(Cl)CC1. The molecule has 0 bridgehead atoms. The minimum absolute atomic E-state index is 0.363. The normalized spacial score (nSPS) is 14.5. The highest BCUT2D eigenvalue weighted by molar-refractivity contribution is 7.99. The molecule has 0 saturated carbocycles. The molecule has 2 aromatic rings. The number of rotatable bonds is 5. The Bertz CT molecular complexity index is 784. The van der Waals surface area contributed by atoms with E-state index in [1.54, 1.807) is 17.8 Å². The van der Waals surface area contributed by atoms with Crippen molar-refractivity contribution < 1.29 is 5.11 Å². The van der Waals surface area contributed by atoms with Gasteiger partial charge in [-0.2, -0.15) is 0 Å². The van der Waals surface area contributed by atoms with Gasteiger partial charge in [0.25, 0.3) is 0 Å². The smallest absolute Gasteiger partial charge is 0.116 e. The quantitative estimate of drug-likeness (QED) is 0.643. The molecule has 0 radical (unpaired) electrons. The first-order chi connectivity index (χ1) is 11.6. The lowest BCUT2D eigenvalue weighted by molar-refractivity contribution is 0.375. The largest absolute Gasteiger partial charge is 0.510 e. The molecule has 24 heavy (non-hydrogen) atoms. The van der Waals surface area contributed by atoms with Gasteiger partial charge in [-0.25, -0.2) is 0 Å². The number of benzene rings is 2. The van der Waals surface area contributed by atoms with Gasteiger partial charge >= 0.3 is 0 Å². The van der Waals surface area contributed by atoms with Gasteiger partial charge in [0.15, 0.2) is 0 Å². The fourth-order valence-corrected chi connectivity index (χ4v) is 3.68. The predicted molar refractivity (Wildman–Crippen MR) is 102 cm³/mol. The number of hydrogen-bond acceptors (Lipinski definition) is 3. The summed E-state index contributed by atoms with van der Waals surface area (Å²) in [5.74, 6) is 0.363. The van der Waals surface area contributed by atoms with Crippen LogP contribution in [0.4, 0.5) is 0 Å². The zero-order valence-electron chi connectivity index (χ0n) is 12.9. The zero-order chi connectivity index (χ0) is 16.9. The summed E-state index contributed by atoms with van der Waals surface area (Å²) in [7, 11) is 0. The maximum Gasteiger partial charge on any atom is 0.116 e. The number of nitrogens with one attached hydrogen (secondary N) is 1. The van der Waals surface area contributed by atoms with Gasteiger partial charge in [-0.15, -0.1) is 0 Å². The molecule has 0 spiro atoms. The molecule has 1 aliphatic rings. The van der Waals surface area contributed by atoms with Gasteiger partial charge in [0.1, 0.15) is 5.76 Å². The van der Waals surface area contributed by atoms with Crippen LogP contribution in [0.2, 0.25) is 5.02 Å².